The van der Waals surface area contributed by atoms with Gasteiger partial charge < -0.3 is 0 Å². The van der Waals surface area contributed by atoms with E-state index in [4.69, 9.17) is 0 Å². The molecule has 1 aromatic rings. The zero-order chi connectivity index (χ0) is 8.32. The lowest BCUT2D eigenvalue weighted by atomic mass is 9.88. The van der Waals surface area contributed by atoms with Crippen LogP contribution in [0, 0.1) is 0 Å². The highest BCUT2D eigenvalue weighted by Gasteiger charge is 2.17. The summed E-state index contributed by atoms with van der Waals surface area (Å²) >= 11 is 2.41. The predicted octanol–water partition coefficient (Wildman–Crippen LogP) is 2.79. The number of halogens is 1. The molecule has 0 unspecified atom stereocenters. The molecule has 0 bridgehead atoms. The summed E-state index contributed by atoms with van der Waals surface area (Å²) in [6.45, 7) is 4.49. The van der Waals surface area contributed by atoms with Gasteiger partial charge in [0.15, 0.2) is 0 Å². The first-order chi connectivity index (χ1) is 5.17. The Hall–Kier alpha value is -0.120. The number of pyridine rings is 1. The second kappa shape index (κ2) is 3.52. The van der Waals surface area contributed by atoms with E-state index in [9.17, 15) is 0 Å². The van der Waals surface area contributed by atoms with Crippen molar-refractivity contribution in [2.75, 3.05) is 4.43 Å². The van der Waals surface area contributed by atoms with Crippen molar-refractivity contribution in [3.8, 4) is 0 Å². The zero-order valence-electron chi connectivity index (χ0n) is 6.84. The average Bonchev–Trinajstić information content (AvgIpc) is 2.06. The molecule has 0 saturated heterocycles. The standard InChI is InChI=1S/C9H12IN/c1-9(2,7-10)8-3-5-11-6-4-8/h3-6H,7H2,1-2H3. The highest BCUT2D eigenvalue weighted by atomic mass is 127. The predicted molar refractivity (Wildman–Crippen MR) is 56.2 cm³/mol. The van der Waals surface area contributed by atoms with E-state index in [1.807, 2.05) is 12.4 Å². The molecule has 2 heteroatoms. The van der Waals surface area contributed by atoms with Crippen LogP contribution >= 0.6 is 22.6 Å². The highest BCUT2D eigenvalue weighted by molar-refractivity contribution is 14.1. The van der Waals surface area contributed by atoms with Crippen molar-refractivity contribution in [3.63, 3.8) is 0 Å². The summed E-state index contributed by atoms with van der Waals surface area (Å²) < 4.78 is 1.13. The molecule has 0 aliphatic carbocycles. The molecule has 0 spiro atoms. The maximum Gasteiger partial charge on any atom is 0.0270 e. The Balaban J connectivity index is 2.93. The number of nitrogens with zero attached hydrogens (tertiary/aromatic N) is 1. The van der Waals surface area contributed by atoms with Crippen LogP contribution in [0.5, 0.6) is 0 Å². The topological polar surface area (TPSA) is 12.9 Å². The summed E-state index contributed by atoms with van der Waals surface area (Å²) in [5.41, 5.74) is 1.64. The third kappa shape index (κ3) is 2.15. The second-order valence-electron chi connectivity index (χ2n) is 3.25. The van der Waals surface area contributed by atoms with Gasteiger partial charge in [0.2, 0.25) is 0 Å². The number of alkyl halides is 1. The minimum Gasteiger partial charge on any atom is -0.265 e. The van der Waals surface area contributed by atoms with E-state index in [1.54, 1.807) is 0 Å². The lowest BCUT2D eigenvalue weighted by Gasteiger charge is -2.21. The first-order valence-corrected chi connectivity index (χ1v) is 5.16. The van der Waals surface area contributed by atoms with Crippen molar-refractivity contribution in [2.24, 2.45) is 0 Å². The Kier molecular flexibility index (Phi) is 2.87. The van der Waals surface area contributed by atoms with Crippen LogP contribution in [0.3, 0.4) is 0 Å². The number of aromatic nitrogens is 1. The fourth-order valence-electron chi connectivity index (χ4n) is 0.880. The molecule has 0 amide bonds. The normalized spacial score (nSPS) is 11.5. The molecular formula is C9H12IN. The largest absolute Gasteiger partial charge is 0.265 e. The molecule has 0 aromatic carbocycles. The van der Waals surface area contributed by atoms with Crippen molar-refractivity contribution in [1.29, 1.82) is 0 Å². The second-order valence-corrected chi connectivity index (χ2v) is 4.02. The van der Waals surface area contributed by atoms with Crippen LogP contribution in [-0.4, -0.2) is 9.41 Å². The van der Waals surface area contributed by atoms with Crippen molar-refractivity contribution >= 4 is 22.6 Å². The Labute approximate surface area is 81.4 Å². The molecule has 0 radical (unpaired) electrons. The van der Waals surface area contributed by atoms with Crippen LogP contribution in [0.4, 0.5) is 0 Å². The van der Waals surface area contributed by atoms with Gasteiger partial charge >= 0.3 is 0 Å². The van der Waals surface area contributed by atoms with E-state index < -0.39 is 0 Å². The van der Waals surface area contributed by atoms with Crippen LogP contribution in [0.2, 0.25) is 0 Å². The lowest BCUT2D eigenvalue weighted by molar-refractivity contribution is 0.611. The van der Waals surface area contributed by atoms with E-state index in [-0.39, 0.29) is 5.41 Å². The van der Waals surface area contributed by atoms with Crippen LogP contribution in [0.25, 0.3) is 0 Å². The zero-order valence-corrected chi connectivity index (χ0v) is 9.00. The lowest BCUT2D eigenvalue weighted by Crippen LogP contribution is -2.18. The van der Waals surface area contributed by atoms with Crippen LogP contribution < -0.4 is 0 Å². The van der Waals surface area contributed by atoms with Crippen LogP contribution in [0.1, 0.15) is 19.4 Å². The monoisotopic (exact) mass is 261 g/mol. The fourth-order valence-corrected chi connectivity index (χ4v) is 1.32. The third-order valence-corrected chi connectivity index (χ3v) is 3.70. The molecule has 0 aliphatic rings. The van der Waals surface area contributed by atoms with Crippen LogP contribution in [-0.2, 0) is 5.41 Å². The SMILES string of the molecule is CC(C)(CI)c1ccncc1. The van der Waals surface area contributed by atoms with Gasteiger partial charge in [-0.15, -0.1) is 0 Å². The number of rotatable bonds is 2. The summed E-state index contributed by atoms with van der Waals surface area (Å²) in [6.07, 6.45) is 3.70. The third-order valence-electron chi connectivity index (χ3n) is 1.80. The summed E-state index contributed by atoms with van der Waals surface area (Å²) in [5.74, 6) is 0. The highest BCUT2D eigenvalue weighted by Crippen LogP contribution is 2.24. The minimum absolute atomic E-state index is 0.281. The molecule has 0 fully saturated rings. The molecule has 1 nitrogen and oxygen atoms in total. The Bertz CT molecular complexity index is 218. The van der Waals surface area contributed by atoms with Crippen molar-refractivity contribution in [2.45, 2.75) is 19.3 Å². The van der Waals surface area contributed by atoms with Gasteiger partial charge in [0.1, 0.15) is 0 Å². The maximum atomic E-state index is 3.99. The van der Waals surface area contributed by atoms with Gasteiger partial charge in [-0.1, -0.05) is 36.4 Å². The molecule has 11 heavy (non-hydrogen) atoms. The first kappa shape index (κ1) is 8.97. The number of hydrogen-bond acceptors (Lipinski definition) is 1. The van der Waals surface area contributed by atoms with Gasteiger partial charge in [-0.25, -0.2) is 0 Å². The fraction of sp³-hybridized carbons (Fsp3) is 0.444. The molecule has 0 atom stereocenters. The van der Waals surface area contributed by atoms with Crippen molar-refractivity contribution in [3.05, 3.63) is 30.1 Å². The van der Waals surface area contributed by atoms with Gasteiger partial charge in [0.25, 0.3) is 0 Å². The first-order valence-electron chi connectivity index (χ1n) is 3.63. The summed E-state index contributed by atoms with van der Waals surface area (Å²) in [4.78, 5) is 3.99. The van der Waals surface area contributed by atoms with E-state index in [2.05, 4.69) is 53.6 Å². The van der Waals surface area contributed by atoms with Crippen molar-refractivity contribution in [1.82, 2.24) is 4.98 Å². The van der Waals surface area contributed by atoms with E-state index >= 15 is 0 Å². The summed E-state index contributed by atoms with van der Waals surface area (Å²) in [5, 5.41) is 0. The quantitative estimate of drug-likeness (QED) is 0.589. The van der Waals surface area contributed by atoms with E-state index in [0.29, 0.717) is 0 Å². The Morgan fingerprint density at radius 1 is 1.36 bits per heavy atom. The Morgan fingerprint density at radius 2 is 1.91 bits per heavy atom. The molecule has 1 rings (SSSR count). The van der Waals surface area contributed by atoms with Gasteiger partial charge in [0.05, 0.1) is 0 Å². The summed E-state index contributed by atoms with van der Waals surface area (Å²) in [6, 6.07) is 4.16. The van der Waals surface area contributed by atoms with Gasteiger partial charge in [-0.05, 0) is 23.1 Å². The average molecular weight is 261 g/mol. The van der Waals surface area contributed by atoms with Crippen molar-refractivity contribution < 1.29 is 0 Å². The minimum atomic E-state index is 0.281. The van der Waals surface area contributed by atoms with Gasteiger partial charge in [0, 0.05) is 16.8 Å². The smallest absolute Gasteiger partial charge is 0.0270 e. The van der Waals surface area contributed by atoms with E-state index in [1.165, 1.54) is 5.56 Å². The maximum absolute atomic E-state index is 3.99. The number of hydrogen-bond donors (Lipinski definition) is 0. The molecule has 1 aromatic heterocycles. The molecule has 0 aliphatic heterocycles. The molecule has 60 valence electrons. The van der Waals surface area contributed by atoms with Gasteiger partial charge in [-0.3, -0.25) is 4.98 Å². The molecule has 0 saturated carbocycles. The van der Waals surface area contributed by atoms with E-state index in [0.717, 1.165) is 4.43 Å². The molecule has 0 N–H and O–H groups in total. The molecular weight excluding hydrogens is 249 g/mol. The van der Waals surface area contributed by atoms with Gasteiger partial charge in [-0.2, -0.15) is 0 Å². The Morgan fingerprint density at radius 3 is 2.36 bits per heavy atom. The van der Waals surface area contributed by atoms with Crippen LogP contribution in [0.15, 0.2) is 24.5 Å². The molecule has 1 heterocycles. The summed E-state index contributed by atoms with van der Waals surface area (Å²) in [7, 11) is 0.